The summed E-state index contributed by atoms with van der Waals surface area (Å²) in [6.45, 7) is 7.24. The number of hydrogen-bond donors (Lipinski definition) is 2. The molecule has 2 fully saturated rings. The molecule has 280 valence electrons. The van der Waals surface area contributed by atoms with Crippen LogP contribution in [-0.2, 0) is 30.8 Å². The van der Waals surface area contributed by atoms with E-state index in [2.05, 4.69) is 20.3 Å². The zero-order valence-corrected chi connectivity index (χ0v) is 30.0. The smallest absolute Gasteiger partial charge is 0.417 e. The number of alkyl halides is 3. The molecule has 12 nitrogen and oxygen atoms in total. The second-order valence-electron chi connectivity index (χ2n) is 14.3. The Kier molecular flexibility index (Phi) is 10.6. The van der Waals surface area contributed by atoms with Crippen LogP contribution < -0.4 is 15.0 Å². The first-order valence-electron chi connectivity index (χ1n) is 17.2. The van der Waals surface area contributed by atoms with Gasteiger partial charge in [-0.15, -0.1) is 0 Å². The number of benzene rings is 1. The SMILES string of the molecule is C[C@H]1CNCC[C@]1(F)c1cc(Cl)cnc1O[C@H]1C[C@@H](C(=O)OC(C)(C)C)N(c2nc(C(F)(F)OCCCCC(=O)O)nc3c2oc2ccccc23)C1. The molecule has 4 atom stereocenters. The number of carbonyl (C=O) groups is 2. The van der Waals surface area contributed by atoms with Gasteiger partial charge < -0.3 is 34.0 Å². The van der Waals surface area contributed by atoms with Crippen molar-refractivity contribution in [2.24, 2.45) is 5.92 Å². The third-order valence-corrected chi connectivity index (χ3v) is 9.39. The number of anilines is 1. The van der Waals surface area contributed by atoms with Crippen molar-refractivity contribution in [1.29, 1.82) is 0 Å². The zero-order chi connectivity index (χ0) is 37.4. The molecule has 0 bridgehead atoms. The quantitative estimate of drug-likeness (QED) is 0.115. The average Bonchev–Trinajstić information content (AvgIpc) is 3.67. The van der Waals surface area contributed by atoms with Crippen molar-refractivity contribution < 1.29 is 46.5 Å². The van der Waals surface area contributed by atoms with Crippen molar-refractivity contribution in [2.75, 3.05) is 31.1 Å². The van der Waals surface area contributed by atoms with Gasteiger partial charge >= 0.3 is 18.0 Å². The maximum atomic E-state index is 16.7. The van der Waals surface area contributed by atoms with E-state index in [-0.39, 0.29) is 72.0 Å². The van der Waals surface area contributed by atoms with E-state index in [1.165, 1.54) is 17.2 Å². The number of para-hydroxylation sites is 1. The fourth-order valence-electron chi connectivity index (χ4n) is 6.63. The fraction of sp³-hybridized carbons (Fsp3) is 0.528. The van der Waals surface area contributed by atoms with Crippen LogP contribution in [0.5, 0.6) is 5.88 Å². The molecule has 4 aromatic rings. The van der Waals surface area contributed by atoms with E-state index in [1.807, 2.05) is 0 Å². The number of nitrogens with one attached hydrogen (secondary N) is 1. The molecular weight excluding hydrogens is 707 g/mol. The van der Waals surface area contributed by atoms with E-state index >= 15 is 13.2 Å². The summed E-state index contributed by atoms with van der Waals surface area (Å²) in [4.78, 5) is 39.0. The number of carboxylic acids is 1. The van der Waals surface area contributed by atoms with Gasteiger partial charge in [-0.1, -0.05) is 30.7 Å². The Morgan fingerprint density at radius 2 is 1.96 bits per heavy atom. The maximum absolute atomic E-state index is 16.7. The van der Waals surface area contributed by atoms with Crippen LogP contribution in [-0.4, -0.2) is 76.0 Å². The number of aliphatic carboxylic acids is 1. The summed E-state index contributed by atoms with van der Waals surface area (Å²) in [6, 6.07) is 7.15. The first-order chi connectivity index (χ1) is 24.6. The number of rotatable bonds is 12. The lowest BCUT2D eigenvalue weighted by Gasteiger charge is -2.37. The monoisotopic (exact) mass is 747 g/mol. The summed E-state index contributed by atoms with van der Waals surface area (Å²) >= 11 is 6.30. The molecule has 2 N–H and O–H groups in total. The van der Waals surface area contributed by atoms with Crippen molar-refractivity contribution >= 4 is 51.4 Å². The van der Waals surface area contributed by atoms with Gasteiger partial charge in [-0.25, -0.2) is 24.1 Å². The molecule has 52 heavy (non-hydrogen) atoms. The van der Waals surface area contributed by atoms with Gasteiger partial charge in [-0.3, -0.25) is 4.79 Å². The summed E-state index contributed by atoms with van der Waals surface area (Å²) in [6.07, 6.45) is -3.28. The third kappa shape index (κ3) is 7.91. The Hall–Kier alpha value is -4.21. The van der Waals surface area contributed by atoms with Crippen LogP contribution in [0, 0.1) is 5.92 Å². The third-order valence-electron chi connectivity index (χ3n) is 9.19. The lowest BCUT2D eigenvalue weighted by Crippen LogP contribution is -2.44. The molecular formula is C36H41ClF3N5O7. The molecule has 0 unspecified atom stereocenters. The molecule has 1 aromatic carbocycles. The number of halogens is 4. The van der Waals surface area contributed by atoms with Crippen molar-refractivity contribution in [1.82, 2.24) is 20.3 Å². The number of carbonyl (C=O) groups excluding carboxylic acids is 1. The van der Waals surface area contributed by atoms with Crippen LogP contribution in [0.25, 0.3) is 22.1 Å². The predicted octanol–water partition coefficient (Wildman–Crippen LogP) is 6.91. The van der Waals surface area contributed by atoms with Crippen LogP contribution in [0.15, 0.2) is 40.9 Å². The Balaban J connectivity index is 1.40. The molecule has 16 heteroatoms. The van der Waals surface area contributed by atoms with E-state index in [0.29, 0.717) is 24.1 Å². The molecule has 6 rings (SSSR count). The van der Waals surface area contributed by atoms with Crippen molar-refractivity contribution in [3.63, 3.8) is 0 Å². The summed E-state index contributed by atoms with van der Waals surface area (Å²) in [5.41, 5.74) is -2.05. The highest BCUT2D eigenvalue weighted by Gasteiger charge is 2.47. The standard InChI is InChI=1S/C36H41ClF3N5O7/c1-20-17-41-13-12-35(20,38)24-15-21(37)18-42-31(24)50-22-16-25(32(48)52-34(2,3)4)45(19-22)30-29-28(23-9-5-6-10-26(23)51-29)43-33(44-30)36(39,40)49-14-8-7-11-27(46)47/h5-6,9-10,15,18,20,22,25,41H,7-8,11-14,16-17,19H2,1-4H3,(H,46,47)/t20-,22-,25-,35+/m0/s1. The Morgan fingerprint density at radius 3 is 2.69 bits per heavy atom. The first kappa shape index (κ1) is 37.5. The van der Waals surface area contributed by atoms with E-state index in [4.69, 9.17) is 35.3 Å². The number of piperidine rings is 1. The number of esters is 1. The van der Waals surface area contributed by atoms with E-state index in [1.54, 1.807) is 52.0 Å². The fourth-order valence-corrected chi connectivity index (χ4v) is 6.79. The van der Waals surface area contributed by atoms with Crippen molar-refractivity contribution in [3.8, 4) is 5.88 Å². The van der Waals surface area contributed by atoms with Crippen LogP contribution in [0.4, 0.5) is 19.0 Å². The molecule has 0 aliphatic carbocycles. The summed E-state index contributed by atoms with van der Waals surface area (Å²) in [5.74, 6) is -3.23. The van der Waals surface area contributed by atoms with Crippen molar-refractivity contribution in [2.45, 2.75) is 89.3 Å². The van der Waals surface area contributed by atoms with Crippen LogP contribution in [0.3, 0.4) is 0 Å². The average molecular weight is 748 g/mol. The summed E-state index contributed by atoms with van der Waals surface area (Å²) < 4.78 is 71.3. The Labute approximate surface area is 303 Å². The molecule has 0 amide bonds. The summed E-state index contributed by atoms with van der Waals surface area (Å²) in [5, 5.41) is 12.7. The molecule has 2 aliphatic heterocycles. The topological polar surface area (TPSA) is 149 Å². The minimum atomic E-state index is -4.00. The highest BCUT2D eigenvalue weighted by molar-refractivity contribution is 6.30. The van der Waals surface area contributed by atoms with Crippen molar-refractivity contribution in [3.05, 3.63) is 52.9 Å². The number of unbranched alkanes of at least 4 members (excludes halogenated alkanes) is 1. The van der Waals surface area contributed by atoms with Gasteiger partial charge in [0.15, 0.2) is 11.4 Å². The van der Waals surface area contributed by atoms with Gasteiger partial charge in [0.25, 0.3) is 0 Å². The number of hydrogen-bond acceptors (Lipinski definition) is 11. The number of furan rings is 1. The Morgan fingerprint density at radius 1 is 1.19 bits per heavy atom. The lowest BCUT2D eigenvalue weighted by molar-refractivity contribution is -0.254. The molecule has 2 aliphatic rings. The van der Waals surface area contributed by atoms with Gasteiger partial charge in [0.1, 0.15) is 34.5 Å². The van der Waals surface area contributed by atoms with Crippen LogP contribution in [0.1, 0.15) is 71.2 Å². The minimum absolute atomic E-state index is 0.00653. The number of nitrogens with zero attached hydrogens (tertiary/aromatic N) is 4. The van der Waals surface area contributed by atoms with E-state index < -0.39 is 59.8 Å². The van der Waals surface area contributed by atoms with Gasteiger partial charge in [0.05, 0.1) is 23.7 Å². The number of ether oxygens (including phenoxy) is 3. The largest absolute Gasteiger partial charge is 0.481 e. The number of pyridine rings is 1. The lowest BCUT2D eigenvalue weighted by atomic mass is 9.79. The van der Waals surface area contributed by atoms with Gasteiger partial charge in [0, 0.05) is 36.9 Å². The highest BCUT2D eigenvalue weighted by atomic mass is 35.5. The first-order valence-corrected chi connectivity index (χ1v) is 17.6. The molecule has 3 aromatic heterocycles. The highest BCUT2D eigenvalue weighted by Crippen LogP contribution is 2.45. The Bertz CT molecular complexity index is 1960. The minimum Gasteiger partial charge on any atom is -0.481 e. The maximum Gasteiger partial charge on any atom is 0.417 e. The number of aromatic nitrogens is 3. The van der Waals surface area contributed by atoms with Gasteiger partial charge in [0.2, 0.25) is 11.7 Å². The molecule has 0 spiro atoms. The van der Waals surface area contributed by atoms with Crippen LogP contribution >= 0.6 is 11.6 Å². The zero-order valence-electron chi connectivity index (χ0n) is 29.3. The van der Waals surface area contributed by atoms with Crippen LogP contribution in [0.2, 0.25) is 5.02 Å². The molecule has 0 radical (unpaired) electrons. The second-order valence-corrected chi connectivity index (χ2v) is 14.7. The normalized spacial score (nSPS) is 22.6. The molecule has 0 saturated carbocycles. The molecule has 2 saturated heterocycles. The second kappa shape index (κ2) is 14.7. The number of fused-ring (bicyclic) bond motifs is 3. The summed E-state index contributed by atoms with van der Waals surface area (Å²) in [7, 11) is 0. The van der Waals surface area contributed by atoms with E-state index in [9.17, 15) is 9.59 Å². The number of carboxylic acid groups (broad SMARTS) is 1. The predicted molar refractivity (Wildman–Crippen MR) is 185 cm³/mol. The van der Waals surface area contributed by atoms with Gasteiger partial charge in [-0.2, -0.15) is 8.78 Å². The van der Waals surface area contributed by atoms with Gasteiger partial charge in [-0.05, 0) is 64.8 Å². The molecule has 5 heterocycles. The van der Waals surface area contributed by atoms with E-state index in [0.717, 1.165) is 0 Å².